The fraction of sp³-hybridized carbons (Fsp3) is 0.474. The molecule has 1 N–H and O–H groups in total. The number of likely N-dealkylation sites (tertiary alicyclic amines) is 1. The van der Waals surface area contributed by atoms with E-state index in [-0.39, 0.29) is 17.9 Å². The Morgan fingerprint density at radius 1 is 1.16 bits per heavy atom. The monoisotopic (exact) mass is 357 g/mol. The average molecular weight is 357 g/mol. The van der Waals surface area contributed by atoms with Gasteiger partial charge in [-0.2, -0.15) is 0 Å². The topological polar surface area (TPSA) is 54.3 Å². The fourth-order valence-corrected chi connectivity index (χ4v) is 5.02. The molecule has 4 rings (SSSR count). The zero-order valence-electron chi connectivity index (χ0n) is 14.6. The second-order valence-electron chi connectivity index (χ2n) is 7.22. The van der Waals surface area contributed by atoms with E-state index in [0.29, 0.717) is 11.8 Å². The second kappa shape index (κ2) is 6.33. The average Bonchev–Trinajstić information content (AvgIpc) is 3.25. The highest BCUT2D eigenvalue weighted by Gasteiger charge is 2.44. The van der Waals surface area contributed by atoms with Gasteiger partial charge in [0.1, 0.15) is 5.69 Å². The molecule has 1 saturated heterocycles. The van der Waals surface area contributed by atoms with Gasteiger partial charge in [0.25, 0.3) is 11.8 Å². The predicted molar refractivity (Wildman–Crippen MR) is 97.8 cm³/mol. The molecule has 2 fully saturated rings. The molecular weight excluding hydrogens is 334 g/mol. The van der Waals surface area contributed by atoms with Crippen LogP contribution in [-0.4, -0.2) is 40.4 Å². The summed E-state index contributed by atoms with van der Waals surface area (Å²) in [6, 6.07) is 7.84. The second-order valence-corrected chi connectivity index (χ2v) is 8.51. The fourth-order valence-electron chi connectivity index (χ4n) is 4.25. The number of nitrogens with one attached hydrogen (secondary N) is 1. The number of aryl methyl sites for hydroxylation is 2. The maximum absolute atomic E-state index is 12.8. The van der Waals surface area contributed by atoms with Crippen LogP contribution in [0.4, 0.5) is 0 Å². The minimum absolute atomic E-state index is 0.0298. The van der Waals surface area contributed by atoms with Crippen molar-refractivity contribution in [3.63, 3.8) is 0 Å². The van der Waals surface area contributed by atoms with Gasteiger partial charge in [0.2, 0.25) is 0 Å². The van der Waals surface area contributed by atoms with Gasteiger partial charge in [0.15, 0.2) is 0 Å². The lowest BCUT2D eigenvalue weighted by molar-refractivity contribution is 0.0590. The van der Waals surface area contributed by atoms with Crippen LogP contribution in [0.2, 0.25) is 0 Å². The predicted octanol–water partition coefficient (Wildman–Crippen LogP) is 2.68. The lowest BCUT2D eigenvalue weighted by Crippen LogP contribution is -2.54. The van der Waals surface area contributed by atoms with Crippen LogP contribution < -0.4 is 5.32 Å². The number of rotatable bonds is 3. The number of carbonyl (C=O) groups excluding carboxylic acids is 2. The van der Waals surface area contributed by atoms with E-state index < -0.39 is 0 Å². The first-order chi connectivity index (χ1) is 12.0. The molecule has 2 aliphatic rings. The summed E-state index contributed by atoms with van der Waals surface area (Å²) in [6.45, 7) is 3.47. The number of aromatic nitrogens is 1. The smallest absolute Gasteiger partial charge is 0.270 e. The van der Waals surface area contributed by atoms with Gasteiger partial charge in [-0.3, -0.25) is 9.59 Å². The molecule has 2 amide bonds. The molecular formula is C19H23N3O2S. The molecule has 0 radical (unpaired) electrons. The van der Waals surface area contributed by atoms with Crippen molar-refractivity contribution in [2.24, 2.45) is 18.9 Å². The number of thiophene rings is 1. The van der Waals surface area contributed by atoms with Crippen LogP contribution in [0.5, 0.6) is 0 Å². The Balaban J connectivity index is 1.44. The molecule has 2 aromatic rings. The minimum atomic E-state index is 0.0298. The van der Waals surface area contributed by atoms with Crippen molar-refractivity contribution in [2.75, 3.05) is 13.1 Å². The normalized spacial score (nSPS) is 25.2. The van der Waals surface area contributed by atoms with Crippen molar-refractivity contribution in [2.45, 2.75) is 25.8 Å². The minimum Gasteiger partial charge on any atom is -0.348 e. The highest BCUT2D eigenvalue weighted by Crippen LogP contribution is 2.37. The molecule has 1 saturated carbocycles. The number of hydrogen-bond donors (Lipinski definition) is 1. The Kier molecular flexibility index (Phi) is 4.15. The summed E-state index contributed by atoms with van der Waals surface area (Å²) >= 11 is 1.53. The van der Waals surface area contributed by atoms with Crippen LogP contribution in [-0.2, 0) is 7.05 Å². The van der Waals surface area contributed by atoms with Crippen LogP contribution in [0.1, 0.15) is 37.9 Å². The molecule has 2 bridgehead atoms. The third kappa shape index (κ3) is 2.99. The quantitative estimate of drug-likeness (QED) is 0.918. The molecule has 0 spiro atoms. The summed E-state index contributed by atoms with van der Waals surface area (Å²) in [5, 5.41) is 3.24. The molecule has 1 aliphatic carbocycles. The van der Waals surface area contributed by atoms with Gasteiger partial charge >= 0.3 is 0 Å². The molecule has 5 nitrogen and oxygen atoms in total. The zero-order chi connectivity index (χ0) is 17.6. The van der Waals surface area contributed by atoms with Crippen molar-refractivity contribution in [1.82, 2.24) is 14.8 Å². The van der Waals surface area contributed by atoms with Gasteiger partial charge in [-0.15, -0.1) is 11.3 Å². The van der Waals surface area contributed by atoms with Gasteiger partial charge in [-0.05, 0) is 55.9 Å². The highest BCUT2D eigenvalue weighted by atomic mass is 32.1. The van der Waals surface area contributed by atoms with Crippen LogP contribution >= 0.6 is 11.3 Å². The number of piperidine rings is 1. The Morgan fingerprint density at radius 2 is 1.88 bits per heavy atom. The van der Waals surface area contributed by atoms with E-state index in [0.717, 1.165) is 41.4 Å². The van der Waals surface area contributed by atoms with Gasteiger partial charge < -0.3 is 14.8 Å². The molecule has 0 aromatic carbocycles. The Morgan fingerprint density at radius 3 is 2.44 bits per heavy atom. The summed E-state index contributed by atoms with van der Waals surface area (Å²) in [5.74, 6) is 0.839. The Bertz CT molecular complexity index is 795. The van der Waals surface area contributed by atoms with Crippen LogP contribution in [0.3, 0.4) is 0 Å². The van der Waals surface area contributed by atoms with Gasteiger partial charge in [0, 0.05) is 37.3 Å². The molecule has 132 valence electrons. The van der Waals surface area contributed by atoms with Crippen LogP contribution in [0, 0.1) is 18.8 Å². The molecule has 2 aromatic heterocycles. The Hall–Kier alpha value is -2.08. The molecule has 3 heterocycles. The van der Waals surface area contributed by atoms with Crippen molar-refractivity contribution < 1.29 is 9.59 Å². The molecule has 6 heteroatoms. The maximum atomic E-state index is 12.8. The summed E-state index contributed by atoms with van der Waals surface area (Å²) in [6.07, 6.45) is 4.06. The third-order valence-electron chi connectivity index (χ3n) is 5.55. The van der Waals surface area contributed by atoms with Crippen molar-refractivity contribution in [3.05, 3.63) is 45.9 Å². The van der Waals surface area contributed by atoms with Gasteiger partial charge in [-0.25, -0.2) is 0 Å². The number of fused-ring (bicyclic) bond motifs is 2. The van der Waals surface area contributed by atoms with E-state index in [1.54, 1.807) is 0 Å². The van der Waals surface area contributed by atoms with E-state index in [4.69, 9.17) is 0 Å². The third-order valence-corrected chi connectivity index (χ3v) is 6.55. The van der Waals surface area contributed by atoms with E-state index in [1.165, 1.54) is 11.3 Å². The van der Waals surface area contributed by atoms with Gasteiger partial charge in [0.05, 0.1) is 4.88 Å². The first-order valence-electron chi connectivity index (χ1n) is 8.81. The van der Waals surface area contributed by atoms with E-state index in [2.05, 4.69) is 5.32 Å². The van der Waals surface area contributed by atoms with E-state index in [1.807, 2.05) is 53.9 Å². The van der Waals surface area contributed by atoms with Crippen molar-refractivity contribution >= 4 is 23.2 Å². The lowest BCUT2D eigenvalue weighted by Gasteiger charge is -2.38. The van der Waals surface area contributed by atoms with Gasteiger partial charge in [-0.1, -0.05) is 0 Å². The standard InChI is InChI=1S/C19H23N3O2S/c1-12-5-8-16(25-12)18(23)20-17-13-6-7-14(17)11-22(10-13)19(24)15-4-3-9-21(15)2/h3-5,8-9,13-14,17H,6-7,10-11H2,1-2H3,(H,20,23)/t13-,14+,17?. The zero-order valence-corrected chi connectivity index (χ0v) is 15.4. The summed E-state index contributed by atoms with van der Waals surface area (Å²) in [4.78, 5) is 29.2. The summed E-state index contributed by atoms with van der Waals surface area (Å²) < 4.78 is 1.87. The summed E-state index contributed by atoms with van der Waals surface area (Å²) in [7, 11) is 1.90. The Labute approximate surface area is 151 Å². The molecule has 25 heavy (non-hydrogen) atoms. The summed E-state index contributed by atoms with van der Waals surface area (Å²) in [5.41, 5.74) is 0.732. The number of nitrogens with zero attached hydrogens (tertiary/aromatic N) is 2. The molecule has 1 unspecified atom stereocenters. The van der Waals surface area contributed by atoms with E-state index in [9.17, 15) is 9.59 Å². The first kappa shape index (κ1) is 16.4. The van der Waals surface area contributed by atoms with Crippen molar-refractivity contribution in [3.8, 4) is 0 Å². The largest absolute Gasteiger partial charge is 0.348 e. The SMILES string of the molecule is Cc1ccc(C(=O)NC2[C@@H]3CC[C@H]2CN(C(=O)c2cccn2C)C3)s1. The first-order valence-corrected chi connectivity index (χ1v) is 9.62. The number of amides is 2. The molecule has 1 aliphatic heterocycles. The van der Waals surface area contributed by atoms with E-state index >= 15 is 0 Å². The van der Waals surface area contributed by atoms with Crippen LogP contribution in [0.15, 0.2) is 30.5 Å². The van der Waals surface area contributed by atoms with Crippen LogP contribution in [0.25, 0.3) is 0 Å². The molecule has 3 atom stereocenters. The maximum Gasteiger partial charge on any atom is 0.270 e. The highest BCUT2D eigenvalue weighted by molar-refractivity contribution is 7.13. The number of carbonyl (C=O) groups is 2. The number of hydrogen-bond acceptors (Lipinski definition) is 3. The lowest BCUT2D eigenvalue weighted by atomic mass is 9.91. The van der Waals surface area contributed by atoms with Crippen molar-refractivity contribution in [1.29, 1.82) is 0 Å².